The predicted molar refractivity (Wildman–Crippen MR) is 88.5 cm³/mol. The minimum Gasteiger partial charge on any atom is -0.421 e. The molecule has 0 fully saturated rings. The molecule has 0 aliphatic heterocycles. The molecule has 2 heterocycles. The fourth-order valence-corrected chi connectivity index (χ4v) is 2.26. The van der Waals surface area contributed by atoms with Gasteiger partial charge in [-0.2, -0.15) is 0 Å². The van der Waals surface area contributed by atoms with Crippen molar-refractivity contribution in [2.24, 2.45) is 0 Å². The summed E-state index contributed by atoms with van der Waals surface area (Å²) in [6.07, 6.45) is 1.44. The number of aryl methyl sites for hydroxylation is 2. The van der Waals surface area contributed by atoms with Crippen molar-refractivity contribution in [1.82, 2.24) is 14.8 Å². The van der Waals surface area contributed by atoms with Gasteiger partial charge in [-0.15, -0.1) is 10.2 Å². The number of hydrogen-bond acceptors (Lipinski definition) is 5. The summed E-state index contributed by atoms with van der Waals surface area (Å²) in [7, 11) is 0. The molecule has 0 aliphatic carbocycles. The summed E-state index contributed by atoms with van der Waals surface area (Å²) in [5.74, 6) is -0.420. The first-order valence-electron chi connectivity index (χ1n) is 7.49. The van der Waals surface area contributed by atoms with E-state index >= 15 is 0 Å². The molecule has 0 bridgehead atoms. The van der Waals surface area contributed by atoms with E-state index in [0.717, 1.165) is 5.56 Å². The van der Waals surface area contributed by atoms with Gasteiger partial charge in [0.1, 0.15) is 12.4 Å². The number of aromatic nitrogens is 3. The summed E-state index contributed by atoms with van der Waals surface area (Å²) in [5, 5.41) is 10.0. The Balaban J connectivity index is 1.80. The molecule has 3 rings (SSSR count). The second-order valence-corrected chi connectivity index (χ2v) is 5.54. The normalized spacial score (nSPS) is 10.7. The molecule has 0 radical (unpaired) electrons. The molecule has 0 unspecified atom stereocenters. The van der Waals surface area contributed by atoms with Crippen LogP contribution in [0.1, 0.15) is 11.5 Å². The third kappa shape index (κ3) is 3.79. The van der Waals surface area contributed by atoms with E-state index in [1.165, 1.54) is 35.0 Å². The largest absolute Gasteiger partial charge is 0.421 e. The zero-order valence-corrected chi connectivity index (χ0v) is 13.6. The lowest BCUT2D eigenvalue weighted by Crippen LogP contribution is -2.27. The molecule has 0 saturated heterocycles. The second kappa shape index (κ2) is 6.68. The molecule has 0 aliphatic rings. The van der Waals surface area contributed by atoms with Crippen LogP contribution in [-0.2, 0) is 11.3 Å². The highest BCUT2D eigenvalue weighted by Gasteiger charge is 2.11. The van der Waals surface area contributed by atoms with E-state index in [1.807, 2.05) is 0 Å². The van der Waals surface area contributed by atoms with Crippen LogP contribution in [0.3, 0.4) is 0 Å². The van der Waals surface area contributed by atoms with E-state index in [-0.39, 0.29) is 23.7 Å². The van der Waals surface area contributed by atoms with E-state index in [1.54, 1.807) is 19.9 Å². The lowest BCUT2D eigenvalue weighted by molar-refractivity contribution is -0.116. The Labute approximate surface area is 142 Å². The zero-order chi connectivity index (χ0) is 18.0. The van der Waals surface area contributed by atoms with Crippen molar-refractivity contribution >= 4 is 11.6 Å². The molecule has 3 aromatic rings. The number of nitrogens with zero attached hydrogens (tertiary/aromatic N) is 3. The lowest BCUT2D eigenvalue weighted by atomic mass is 10.2. The summed E-state index contributed by atoms with van der Waals surface area (Å²) in [6.45, 7) is 3.13. The van der Waals surface area contributed by atoms with E-state index in [2.05, 4.69) is 15.5 Å². The van der Waals surface area contributed by atoms with Crippen LogP contribution >= 0.6 is 0 Å². The van der Waals surface area contributed by atoms with Crippen LogP contribution in [0.4, 0.5) is 10.1 Å². The topological polar surface area (TPSA) is 90.0 Å². The predicted octanol–water partition coefficient (Wildman–Crippen LogP) is 2.29. The van der Waals surface area contributed by atoms with E-state index in [9.17, 15) is 14.0 Å². The van der Waals surface area contributed by atoms with Crippen molar-refractivity contribution < 1.29 is 13.6 Å². The third-order valence-electron chi connectivity index (χ3n) is 3.47. The Kier molecular flexibility index (Phi) is 4.42. The Morgan fingerprint density at radius 3 is 2.72 bits per heavy atom. The summed E-state index contributed by atoms with van der Waals surface area (Å²) in [4.78, 5) is 24.1. The van der Waals surface area contributed by atoms with Crippen LogP contribution in [0.5, 0.6) is 0 Å². The minimum atomic E-state index is -0.532. The molecule has 1 amide bonds. The first-order chi connectivity index (χ1) is 11.9. The molecule has 2 aromatic heterocycles. The van der Waals surface area contributed by atoms with Gasteiger partial charge >= 0.3 is 0 Å². The Hall–Kier alpha value is -3.29. The number of halogens is 1. The molecule has 1 N–H and O–H groups in total. The quantitative estimate of drug-likeness (QED) is 0.786. The van der Waals surface area contributed by atoms with Crippen molar-refractivity contribution in [2.45, 2.75) is 20.4 Å². The van der Waals surface area contributed by atoms with Crippen molar-refractivity contribution in [3.63, 3.8) is 0 Å². The van der Waals surface area contributed by atoms with E-state index < -0.39 is 11.7 Å². The van der Waals surface area contributed by atoms with E-state index in [0.29, 0.717) is 11.5 Å². The fraction of sp³-hybridized carbons (Fsp3) is 0.176. The Bertz CT molecular complexity index is 994. The molecule has 8 heteroatoms. The Morgan fingerprint density at radius 2 is 2.04 bits per heavy atom. The number of carbonyl (C=O) groups excluding carboxylic acids is 1. The van der Waals surface area contributed by atoms with Gasteiger partial charge in [0.15, 0.2) is 0 Å². The molecule has 128 valence electrons. The number of carbonyl (C=O) groups is 1. The first-order valence-corrected chi connectivity index (χ1v) is 7.49. The molecule has 1 aromatic carbocycles. The maximum atomic E-state index is 13.8. The summed E-state index contributed by atoms with van der Waals surface area (Å²) in [6, 6.07) is 7.31. The van der Waals surface area contributed by atoms with Crippen LogP contribution in [0.25, 0.3) is 11.5 Å². The monoisotopic (exact) mass is 342 g/mol. The summed E-state index contributed by atoms with van der Waals surface area (Å²) in [5.41, 5.74) is 0.940. The molecule has 0 saturated carbocycles. The molecular formula is C17H15FN4O3. The number of pyridine rings is 1. The molecule has 7 nitrogen and oxygen atoms in total. The van der Waals surface area contributed by atoms with Crippen molar-refractivity contribution in [1.29, 1.82) is 0 Å². The number of amides is 1. The highest BCUT2D eigenvalue weighted by molar-refractivity contribution is 5.90. The second-order valence-electron chi connectivity index (χ2n) is 5.54. The lowest BCUT2D eigenvalue weighted by Gasteiger charge is -2.09. The van der Waals surface area contributed by atoms with Crippen molar-refractivity contribution in [3.05, 3.63) is 64.2 Å². The highest BCUT2D eigenvalue weighted by Crippen LogP contribution is 2.17. The van der Waals surface area contributed by atoms with Gasteiger partial charge in [0.2, 0.25) is 17.7 Å². The number of rotatable bonds is 4. The molecule has 0 spiro atoms. The molecule has 25 heavy (non-hydrogen) atoms. The maximum Gasteiger partial charge on any atom is 0.251 e. The average molecular weight is 342 g/mol. The van der Waals surface area contributed by atoms with Crippen LogP contribution in [-0.4, -0.2) is 20.7 Å². The standard InChI is InChI=1S/C17H15FN4O3/c1-10-3-5-14(13(18)7-10)19-15(23)9-22-8-12(4-6-16(22)24)17-21-20-11(2)25-17/h3-8H,9H2,1-2H3,(H,19,23). The van der Waals surface area contributed by atoms with Crippen molar-refractivity contribution in [3.8, 4) is 11.5 Å². The van der Waals surface area contributed by atoms with Gasteiger partial charge < -0.3 is 14.3 Å². The number of benzene rings is 1. The minimum absolute atomic E-state index is 0.0623. The number of anilines is 1. The smallest absolute Gasteiger partial charge is 0.251 e. The van der Waals surface area contributed by atoms with Gasteiger partial charge in [0, 0.05) is 19.2 Å². The van der Waals surface area contributed by atoms with Gasteiger partial charge in [0.25, 0.3) is 5.56 Å². The van der Waals surface area contributed by atoms with Crippen LogP contribution in [0, 0.1) is 19.7 Å². The summed E-state index contributed by atoms with van der Waals surface area (Å²) < 4.78 is 20.3. The SMILES string of the molecule is Cc1ccc(NC(=O)Cn2cc(-c3nnc(C)o3)ccc2=O)c(F)c1. The van der Waals surface area contributed by atoms with Gasteiger partial charge in [-0.05, 0) is 30.7 Å². The molecular weight excluding hydrogens is 327 g/mol. The van der Waals surface area contributed by atoms with E-state index in [4.69, 9.17) is 4.42 Å². The third-order valence-corrected chi connectivity index (χ3v) is 3.47. The summed E-state index contributed by atoms with van der Waals surface area (Å²) >= 11 is 0. The van der Waals surface area contributed by atoms with Gasteiger partial charge in [0.05, 0.1) is 11.3 Å². The van der Waals surface area contributed by atoms with Crippen LogP contribution in [0.15, 0.2) is 45.7 Å². The highest BCUT2D eigenvalue weighted by atomic mass is 19.1. The van der Waals surface area contributed by atoms with Crippen molar-refractivity contribution in [2.75, 3.05) is 5.32 Å². The molecule has 0 atom stereocenters. The first kappa shape index (κ1) is 16.6. The zero-order valence-electron chi connectivity index (χ0n) is 13.6. The van der Waals surface area contributed by atoms with Gasteiger partial charge in [-0.1, -0.05) is 6.07 Å². The van der Waals surface area contributed by atoms with Crippen LogP contribution < -0.4 is 10.9 Å². The Morgan fingerprint density at radius 1 is 1.24 bits per heavy atom. The fourth-order valence-electron chi connectivity index (χ4n) is 2.26. The van der Waals surface area contributed by atoms with Gasteiger partial charge in [-0.25, -0.2) is 4.39 Å². The van der Waals surface area contributed by atoms with Crippen LogP contribution in [0.2, 0.25) is 0 Å². The number of nitrogens with one attached hydrogen (secondary N) is 1. The van der Waals surface area contributed by atoms with Gasteiger partial charge in [-0.3, -0.25) is 9.59 Å². The number of hydrogen-bond donors (Lipinski definition) is 1. The average Bonchev–Trinajstić information content (AvgIpc) is 2.99. The maximum absolute atomic E-state index is 13.8.